The molecule has 90 valence electrons. The lowest BCUT2D eigenvalue weighted by Gasteiger charge is -2.11. The molecule has 0 amide bonds. The van der Waals surface area contributed by atoms with Crippen molar-refractivity contribution in [2.75, 3.05) is 32.3 Å². The zero-order valence-corrected chi connectivity index (χ0v) is 10.8. The van der Waals surface area contributed by atoms with Gasteiger partial charge in [-0.3, -0.25) is 0 Å². The lowest BCUT2D eigenvalue weighted by Crippen LogP contribution is -2.14. The van der Waals surface area contributed by atoms with Gasteiger partial charge in [0.25, 0.3) is 0 Å². The minimum atomic E-state index is 0.492. The first-order valence-electron chi connectivity index (χ1n) is 4.93. The summed E-state index contributed by atoms with van der Waals surface area (Å²) >= 11 is 1.78. The largest absolute Gasteiger partial charge is 0.481 e. The van der Waals surface area contributed by atoms with Crippen molar-refractivity contribution in [2.24, 2.45) is 0 Å². The van der Waals surface area contributed by atoms with E-state index in [-0.39, 0.29) is 0 Å². The Morgan fingerprint density at radius 2 is 1.88 bits per heavy atom. The highest BCUT2D eigenvalue weighted by Crippen LogP contribution is 2.17. The zero-order valence-electron chi connectivity index (χ0n) is 9.98. The molecule has 0 spiro atoms. The van der Waals surface area contributed by atoms with Gasteiger partial charge in [-0.15, -0.1) is 0 Å². The van der Waals surface area contributed by atoms with E-state index in [1.165, 1.54) is 0 Å². The van der Waals surface area contributed by atoms with Gasteiger partial charge in [0.1, 0.15) is 0 Å². The molecule has 1 unspecified atom stereocenters. The molecule has 0 fully saturated rings. The highest BCUT2D eigenvalue weighted by atomic mass is 32.2. The smallest absolute Gasteiger partial charge is 0.229 e. The molecule has 0 aliphatic heterocycles. The summed E-state index contributed by atoms with van der Waals surface area (Å²) in [7, 11) is 3.13. The molecule has 0 aromatic carbocycles. The van der Waals surface area contributed by atoms with Gasteiger partial charge in [0.2, 0.25) is 17.7 Å². The molecule has 6 heteroatoms. The molecule has 5 nitrogen and oxygen atoms in total. The van der Waals surface area contributed by atoms with Gasteiger partial charge in [-0.05, 0) is 6.26 Å². The number of ether oxygens (including phenoxy) is 2. The quantitative estimate of drug-likeness (QED) is 0.820. The molecule has 0 saturated carbocycles. The van der Waals surface area contributed by atoms with Crippen LogP contribution in [0.5, 0.6) is 11.8 Å². The van der Waals surface area contributed by atoms with E-state index in [9.17, 15) is 0 Å². The van der Waals surface area contributed by atoms with Gasteiger partial charge in [0.15, 0.2) is 0 Å². The van der Waals surface area contributed by atoms with Crippen LogP contribution >= 0.6 is 11.8 Å². The molecule has 0 saturated heterocycles. The predicted molar refractivity (Wildman–Crippen MR) is 66.6 cm³/mol. The molecule has 0 aliphatic rings. The van der Waals surface area contributed by atoms with Crippen molar-refractivity contribution in [1.82, 2.24) is 9.97 Å². The van der Waals surface area contributed by atoms with E-state index in [1.807, 2.05) is 0 Å². The Morgan fingerprint density at radius 3 is 2.31 bits per heavy atom. The minimum absolute atomic E-state index is 0.492. The van der Waals surface area contributed by atoms with Crippen LogP contribution in [0, 0.1) is 0 Å². The maximum Gasteiger partial charge on any atom is 0.229 e. The first-order valence-corrected chi connectivity index (χ1v) is 6.22. The van der Waals surface area contributed by atoms with Crippen molar-refractivity contribution in [1.29, 1.82) is 0 Å². The predicted octanol–water partition coefficient (Wildman–Crippen LogP) is 1.66. The van der Waals surface area contributed by atoms with E-state index in [2.05, 4.69) is 28.5 Å². The van der Waals surface area contributed by atoms with Crippen LogP contribution in [-0.2, 0) is 0 Å². The third kappa shape index (κ3) is 3.77. The van der Waals surface area contributed by atoms with Gasteiger partial charge >= 0.3 is 0 Å². The molecule has 1 atom stereocenters. The molecule has 0 bridgehead atoms. The molecule has 1 aromatic rings. The molecule has 1 rings (SSSR count). The highest BCUT2D eigenvalue weighted by Gasteiger charge is 2.06. The van der Waals surface area contributed by atoms with Gasteiger partial charge in [-0.1, -0.05) is 6.92 Å². The van der Waals surface area contributed by atoms with E-state index >= 15 is 0 Å². The minimum Gasteiger partial charge on any atom is -0.481 e. The van der Waals surface area contributed by atoms with Crippen molar-refractivity contribution in [3.8, 4) is 11.8 Å². The molecular formula is C10H17N3O2S. The maximum atomic E-state index is 5.05. The fourth-order valence-electron chi connectivity index (χ4n) is 1.01. The average molecular weight is 243 g/mol. The van der Waals surface area contributed by atoms with Gasteiger partial charge in [-0.25, -0.2) is 0 Å². The zero-order chi connectivity index (χ0) is 12.0. The van der Waals surface area contributed by atoms with E-state index in [0.29, 0.717) is 23.0 Å². The number of rotatable bonds is 6. The lowest BCUT2D eigenvalue weighted by molar-refractivity contribution is 0.373. The Bertz CT molecular complexity index is 314. The Balaban J connectivity index is 2.71. The van der Waals surface area contributed by atoms with Gasteiger partial charge in [0.05, 0.1) is 20.3 Å². The maximum absolute atomic E-state index is 5.05. The molecule has 16 heavy (non-hydrogen) atoms. The summed E-state index contributed by atoms with van der Waals surface area (Å²) in [5.41, 5.74) is 0. The molecule has 1 heterocycles. The van der Waals surface area contributed by atoms with Crippen molar-refractivity contribution in [3.63, 3.8) is 0 Å². The van der Waals surface area contributed by atoms with Gasteiger partial charge < -0.3 is 14.8 Å². The van der Waals surface area contributed by atoms with Crippen LogP contribution in [0.3, 0.4) is 0 Å². The number of nitrogens with one attached hydrogen (secondary N) is 1. The second-order valence-corrected chi connectivity index (χ2v) is 4.48. The normalized spacial score (nSPS) is 12.0. The number of methoxy groups -OCH3 is 2. The number of thioether (sulfide) groups is 1. The van der Waals surface area contributed by atoms with Crippen LogP contribution in [0.2, 0.25) is 0 Å². The molecule has 0 radical (unpaired) electrons. The van der Waals surface area contributed by atoms with Crippen LogP contribution < -0.4 is 14.8 Å². The number of nitrogens with zero attached hydrogens (tertiary/aromatic N) is 2. The van der Waals surface area contributed by atoms with Crippen LogP contribution in [0.15, 0.2) is 6.07 Å². The van der Waals surface area contributed by atoms with E-state index < -0.39 is 0 Å². The SMILES string of the molecule is COc1cc(OC)nc(NCC(C)SC)n1. The van der Waals surface area contributed by atoms with Crippen molar-refractivity contribution < 1.29 is 9.47 Å². The number of anilines is 1. The average Bonchev–Trinajstić information content (AvgIpc) is 2.35. The lowest BCUT2D eigenvalue weighted by atomic mass is 10.5. The van der Waals surface area contributed by atoms with Crippen molar-refractivity contribution in [2.45, 2.75) is 12.2 Å². The van der Waals surface area contributed by atoms with E-state index in [1.54, 1.807) is 32.0 Å². The highest BCUT2D eigenvalue weighted by molar-refractivity contribution is 7.99. The summed E-state index contributed by atoms with van der Waals surface area (Å²) in [4.78, 5) is 8.34. The fraction of sp³-hybridized carbons (Fsp3) is 0.600. The van der Waals surface area contributed by atoms with Gasteiger partial charge in [-0.2, -0.15) is 21.7 Å². The molecular weight excluding hydrogens is 226 g/mol. The summed E-state index contributed by atoms with van der Waals surface area (Å²) in [6, 6.07) is 1.64. The first-order chi connectivity index (χ1) is 7.69. The summed E-state index contributed by atoms with van der Waals surface area (Å²) in [5, 5.41) is 3.64. The second-order valence-electron chi connectivity index (χ2n) is 3.20. The molecule has 1 aromatic heterocycles. The third-order valence-corrected chi connectivity index (χ3v) is 3.02. The van der Waals surface area contributed by atoms with E-state index in [0.717, 1.165) is 6.54 Å². The monoisotopic (exact) mass is 243 g/mol. The standard InChI is InChI=1S/C10H17N3O2S/c1-7(16-4)6-11-10-12-8(14-2)5-9(13-10)15-3/h5,7H,6H2,1-4H3,(H,11,12,13). The first kappa shape index (κ1) is 12.9. The summed E-state index contributed by atoms with van der Waals surface area (Å²) < 4.78 is 10.1. The van der Waals surface area contributed by atoms with Crippen LogP contribution in [0.25, 0.3) is 0 Å². The van der Waals surface area contributed by atoms with Crippen molar-refractivity contribution in [3.05, 3.63) is 6.07 Å². The Morgan fingerprint density at radius 1 is 1.31 bits per heavy atom. The van der Waals surface area contributed by atoms with Crippen LogP contribution in [0.1, 0.15) is 6.92 Å². The summed E-state index contributed by atoms with van der Waals surface area (Å²) in [6.45, 7) is 2.94. The fourth-order valence-corrected chi connectivity index (χ4v) is 1.26. The van der Waals surface area contributed by atoms with Gasteiger partial charge in [0, 0.05) is 11.8 Å². The molecule has 1 N–H and O–H groups in total. The summed E-state index contributed by atoms with van der Waals surface area (Å²) in [5.74, 6) is 1.51. The van der Waals surface area contributed by atoms with Crippen molar-refractivity contribution >= 4 is 17.7 Å². The molecule has 0 aliphatic carbocycles. The Labute approximate surface area is 100.0 Å². The number of hydrogen-bond donors (Lipinski definition) is 1. The number of hydrogen-bond acceptors (Lipinski definition) is 6. The Hall–Kier alpha value is -1.17. The number of aromatic nitrogens is 2. The second kappa shape index (κ2) is 6.42. The van der Waals surface area contributed by atoms with Crippen LogP contribution in [0.4, 0.5) is 5.95 Å². The van der Waals surface area contributed by atoms with E-state index in [4.69, 9.17) is 9.47 Å². The van der Waals surface area contributed by atoms with Crippen LogP contribution in [-0.4, -0.2) is 42.2 Å². The topological polar surface area (TPSA) is 56.3 Å². The summed E-state index contributed by atoms with van der Waals surface area (Å²) in [6.07, 6.45) is 2.07. The third-order valence-electron chi connectivity index (χ3n) is 2.05. The Kier molecular flexibility index (Phi) is 5.18.